The van der Waals surface area contributed by atoms with Crippen molar-refractivity contribution in [2.45, 2.75) is 45.6 Å². The van der Waals surface area contributed by atoms with Crippen LogP contribution in [0.15, 0.2) is 0 Å². The quantitative estimate of drug-likeness (QED) is 0.722. The zero-order valence-corrected chi connectivity index (χ0v) is 9.13. The minimum absolute atomic E-state index is 0.493. The molecule has 0 bridgehead atoms. The van der Waals surface area contributed by atoms with E-state index in [-0.39, 0.29) is 0 Å². The summed E-state index contributed by atoms with van der Waals surface area (Å²) in [6.07, 6.45) is 5.17. The van der Waals surface area contributed by atoms with E-state index in [1.54, 1.807) is 0 Å². The molecule has 0 amide bonds. The Morgan fingerprint density at radius 3 is 2.08 bits per heavy atom. The van der Waals surface area contributed by atoms with Crippen molar-refractivity contribution in [3.05, 3.63) is 0 Å². The third-order valence-electron chi connectivity index (χ3n) is 3.30. The fraction of sp³-hybridized carbons (Fsp3) is 1.00. The van der Waals surface area contributed by atoms with E-state index in [4.69, 9.17) is 5.73 Å². The maximum Gasteiger partial charge on any atom is 0.00390 e. The van der Waals surface area contributed by atoms with Gasteiger partial charge in [-0.2, -0.15) is 0 Å². The maximum absolute atomic E-state index is 5.88. The van der Waals surface area contributed by atoms with E-state index in [0.717, 1.165) is 5.92 Å². The van der Waals surface area contributed by atoms with Gasteiger partial charge >= 0.3 is 0 Å². The smallest absolute Gasteiger partial charge is 0.00390 e. The molecule has 1 rings (SSSR count). The fourth-order valence-corrected chi connectivity index (χ4v) is 2.22. The number of hydrogen-bond donors (Lipinski definition) is 1. The van der Waals surface area contributed by atoms with Crippen LogP contribution in [0.25, 0.3) is 0 Å². The molecule has 0 heterocycles. The van der Waals surface area contributed by atoms with Gasteiger partial charge in [0.15, 0.2) is 0 Å². The normalized spacial score (nSPS) is 29.5. The van der Waals surface area contributed by atoms with Crippen LogP contribution in [0.1, 0.15) is 39.5 Å². The van der Waals surface area contributed by atoms with Gasteiger partial charge in [-0.3, -0.25) is 0 Å². The minimum Gasteiger partial charge on any atom is -0.328 e. The molecular formula is C11H24N2. The number of nitrogens with zero attached hydrogens (tertiary/aromatic N) is 1. The molecule has 0 spiro atoms. The molecule has 1 aliphatic carbocycles. The molecule has 0 aliphatic heterocycles. The fourth-order valence-electron chi connectivity index (χ4n) is 2.22. The third-order valence-corrected chi connectivity index (χ3v) is 3.30. The highest BCUT2D eigenvalue weighted by Gasteiger charge is 2.19. The molecule has 78 valence electrons. The summed E-state index contributed by atoms with van der Waals surface area (Å²) < 4.78 is 0. The topological polar surface area (TPSA) is 29.3 Å². The Labute approximate surface area is 82.5 Å². The zero-order valence-electron chi connectivity index (χ0n) is 9.13. The highest BCUT2D eigenvalue weighted by molar-refractivity contribution is 4.76. The summed E-state index contributed by atoms with van der Waals surface area (Å²) in [6.45, 7) is 8.17. The van der Waals surface area contributed by atoms with Gasteiger partial charge in [0, 0.05) is 12.6 Å². The summed E-state index contributed by atoms with van der Waals surface area (Å²) in [5.41, 5.74) is 5.88. The lowest BCUT2D eigenvalue weighted by molar-refractivity contribution is 0.208. The second-order valence-corrected chi connectivity index (χ2v) is 4.27. The van der Waals surface area contributed by atoms with Gasteiger partial charge in [0.1, 0.15) is 0 Å². The Morgan fingerprint density at radius 1 is 1.08 bits per heavy atom. The number of nitrogens with two attached hydrogens (primary N) is 1. The largest absolute Gasteiger partial charge is 0.328 e. The van der Waals surface area contributed by atoms with E-state index in [2.05, 4.69) is 18.7 Å². The minimum atomic E-state index is 0.493. The lowest BCUT2D eigenvalue weighted by Crippen LogP contribution is -2.34. The Bertz CT molecular complexity index is 124. The SMILES string of the molecule is CCN(CC)CC1CCC(N)CC1. The highest BCUT2D eigenvalue weighted by Crippen LogP contribution is 2.23. The molecule has 2 N–H and O–H groups in total. The molecule has 1 saturated carbocycles. The standard InChI is InChI=1S/C11H24N2/c1-3-13(4-2)9-10-5-7-11(12)8-6-10/h10-11H,3-9,12H2,1-2H3. The molecule has 0 aromatic carbocycles. The lowest BCUT2D eigenvalue weighted by Gasteiger charge is -2.30. The molecule has 13 heavy (non-hydrogen) atoms. The Kier molecular flexibility index (Phi) is 4.74. The van der Waals surface area contributed by atoms with E-state index < -0.39 is 0 Å². The van der Waals surface area contributed by atoms with Crippen molar-refractivity contribution >= 4 is 0 Å². The van der Waals surface area contributed by atoms with Crippen LogP contribution < -0.4 is 5.73 Å². The van der Waals surface area contributed by atoms with Crippen molar-refractivity contribution in [1.29, 1.82) is 0 Å². The van der Waals surface area contributed by atoms with Crippen LogP contribution in [0.4, 0.5) is 0 Å². The van der Waals surface area contributed by atoms with Crippen molar-refractivity contribution in [1.82, 2.24) is 4.90 Å². The van der Waals surface area contributed by atoms with Gasteiger partial charge in [0.25, 0.3) is 0 Å². The summed E-state index contributed by atoms with van der Waals surface area (Å²) in [5.74, 6) is 0.916. The average molecular weight is 184 g/mol. The molecule has 0 radical (unpaired) electrons. The lowest BCUT2D eigenvalue weighted by atomic mass is 9.86. The molecule has 2 heteroatoms. The van der Waals surface area contributed by atoms with E-state index in [1.165, 1.54) is 45.3 Å². The molecule has 1 fully saturated rings. The summed E-state index contributed by atoms with van der Waals surface area (Å²) >= 11 is 0. The van der Waals surface area contributed by atoms with Crippen LogP contribution in [-0.2, 0) is 0 Å². The summed E-state index contributed by atoms with van der Waals surface area (Å²) in [5, 5.41) is 0. The van der Waals surface area contributed by atoms with Crippen LogP contribution >= 0.6 is 0 Å². The molecule has 0 saturated heterocycles. The molecule has 0 unspecified atom stereocenters. The van der Waals surface area contributed by atoms with Gasteiger partial charge in [-0.05, 0) is 44.7 Å². The van der Waals surface area contributed by atoms with Gasteiger partial charge in [-0.1, -0.05) is 13.8 Å². The van der Waals surface area contributed by atoms with Crippen molar-refractivity contribution < 1.29 is 0 Å². The van der Waals surface area contributed by atoms with Crippen LogP contribution in [0.5, 0.6) is 0 Å². The Hall–Kier alpha value is -0.0800. The van der Waals surface area contributed by atoms with E-state index in [9.17, 15) is 0 Å². The molecule has 0 aromatic heterocycles. The summed E-state index contributed by atoms with van der Waals surface area (Å²) in [6, 6.07) is 0.493. The van der Waals surface area contributed by atoms with Gasteiger partial charge in [0.05, 0.1) is 0 Å². The second-order valence-electron chi connectivity index (χ2n) is 4.27. The summed E-state index contributed by atoms with van der Waals surface area (Å²) in [4.78, 5) is 2.53. The number of rotatable bonds is 4. The number of hydrogen-bond acceptors (Lipinski definition) is 2. The van der Waals surface area contributed by atoms with Crippen LogP contribution in [0.2, 0.25) is 0 Å². The monoisotopic (exact) mass is 184 g/mol. The van der Waals surface area contributed by atoms with E-state index >= 15 is 0 Å². The summed E-state index contributed by atoms with van der Waals surface area (Å²) in [7, 11) is 0. The van der Waals surface area contributed by atoms with Crippen molar-refractivity contribution in [3.8, 4) is 0 Å². The first kappa shape index (κ1) is 11.0. The first-order chi connectivity index (χ1) is 6.26. The Morgan fingerprint density at radius 2 is 1.62 bits per heavy atom. The molecule has 0 aromatic rings. The van der Waals surface area contributed by atoms with Crippen LogP contribution in [0.3, 0.4) is 0 Å². The maximum atomic E-state index is 5.88. The van der Waals surface area contributed by atoms with Crippen molar-refractivity contribution in [3.63, 3.8) is 0 Å². The second kappa shape index (κ2) is 5.61. The highest BCUT2D eigenvalue weighted by atomic mass is 15.1. The zero-order chi connectivity index (χ0) is 9.68. The average Bonchev–Trinajstić information content (AvgIpc) is 2.17. The third kappa shape index (κ3) is 3.65. The van der Waals surface area contributed by atoms with Crippen molar-refractivity contribution in [2.24, 2.45) is 11.7 Å². The van der Waals surface area contributed by atoms with Crippen molar-refractivity contribution in [2.75, 3.05) is 19.6 Å². The van der Waals surface area contributed by atoms with Gasteiger partial charge in [-0.15, -0.1) is 0 Å². The van der Waals surface area contributed by atoms with E-state index in [0.29, 0.717) is 6.04 Å². The predicted octanol–water partition coefficient (Wildman–Crippen LogP) is 1.85. The Balaban J connectivity index is 2.21. The van der Waals surface area contributed by atoms with E-state index in [1.807, 2.05) is 0 Å². The van der Waals surface area contributed by atoms with Gasteiger partial charge in [-0.25, -0.2) is 0 Å². The van der Waals surface area contributed by atoms with Gasteiger partial charge < -0.3 is 10.6 Å². The van der Waals surface area contributed by atoms with Gasteiger partial charge in [0.2, 0.25) is 0 Å². The molecule has 1 aliphatic rings. The predicted molar refractivity (Wildman–Crippen MR) is 57.7 cm³/mol. The van der Waals surface area contributed by atoms with Crippen LogP contribution in [-0.4, -0.2) is 30.6 Å². The molecular weight excluding hydrogens is 160 g/mol. The van der Waals surface area contributed by atoms with Crippen LogP contribution in [0, 0.1) is 5.92 Å². The first-order valence-corrected chi connectivity index (χ1v) is 5.74. The first-order valence-electron chi connectivity index (χ1n) is 5.74. The molecule has 0 atom stereocenters. The molecule has 2 nitrogen and oxygen atoms in total.